The monoisotopic (exact) mass is 1140 g/mol. The number of hydrogen-bond acceptors (Lipinski definition) is 13. The molecule has 0 radical (unpaired) electrons. The van der Waals surface area contributed by atoms with Gasteiger partial charge in [0.05, 0.1) is 29.5 Å². The number of rotatable bonds is 19. The molecule has 5 aliphatic rings. The number of nitrogen functional groups attached to an aromatic ring is 2. The first-order valence-electron chi connectivity index (χ1n) is 29.9. The van der Waals surface area contributed by atoms with Crippen molar-refractivity contribution in [2.75, 3.05) is 84.6 Å². The summed E-state index contributed by atoms with van der Waals surface area (Å²) in [4.78, 5) is 52.9. The molecular weight excluding hydrogens is 1060 g/mol. The molecule has 2 amide bonds. The van der Waals surface area contributed by atoms with Crippen molar-refractivity contribution in [1.29, 1.82) is 0 Å². The number of carbonyl (C=O) groups is 2. The van der Waals surface area contributed by atoms with Crippen molar-refractivity contribution in [3.8, 4) is 45.3 Å². The van der Waals surface area contributed by atoms with Gasteiger partial charge in [0, 0.05) is 86.6 Å². The van der Waals surface area contributed by atoms with Crippen LogP contribution in [0.4, 0.5) is 11.6 Å². The number of hydrogen-bond donors (Lipinski definition) is 2. The first-order chi connectivity index (χ1) is 41.1. The van der Waals surface area contributed by atoms with Gasteiger partial charge in [0.1, 0.15) is 58.6 Å². The average molecular weight is 1150 g/mol. The van der Waals surface area contributed by atoms with Crippen LogP contribution in [0.3, 0.4) is 0 Å². The van der Waals surface area contributed by atoms with Crippen LogP contribution in [0.25, 0.3) is 44.3 Å². The number of aromatic nitrogens is 6. The van der Waals surface area contributed by atoms with Crippen molar-refractivity contribution in [1.82, 2.24) is 48.7 Å². The molecule has 4 aromatic heterocycles. The summed E-state index contributed by atoms with van der Waals surface area (Å²) < 4.78 is 22.3. The molecule has 2 aliphatic carbocycles. The van der Waals surface area contributed by atoms with E-state index >= 15 is 0 Å². The zero-order valence-corrected chi connectivity index (χ0v) is 48.4. The molecule has 85 heavy (non-hydrogen) atoms. The normalized spacial score (nSPS) is 18.7. The molecule has 0 unspecified atom stereocenters. The average Bonchev–Trinajstić information content (AvgIpc) is 2.58. The standard InChI is InChI=1S/C34H38N6O3.C33H38N6O2.CH4/c1-38(26-16-19-42-21-26)17-5-8-29(41)39-18-15-25(20-39)40-32(24-9-10-24)30(31-33(35)36-22-37-34(31)40)23-11-13-28(14-12-23)43-27-6-3-2-4-7-27;1-3-18-37(2)19-7-10-28(40)38-20-17-25(21-38)39-31(24-11-12-24)29(30-32(34)35-22-36-33(30)39)23-13-15-27(16-14-23)41-26-8-5-4-6-9-26;/h2-8,11-14,22,24-26H,9-10,15-21H2,1H3,(H2,35,36,37);4-10,13-16,22,24-25H,3,11-12,17-21H2,1-2H3,(H2,34,35,36);1H4/b8-5+;10-7+;/t25-,26-;25-;/m11./s1. The maximum Gasteiger partial charge on any atom is 0.246 e. The number of ether oxygens (including phenoxy) is 3. The molecule has 0 bridgehead atoms. The van der Waals surface area contributed by atoms with E-state index < -0.39 is 0 Å². The molecule has 4 aromatic carbocycles. The maximum atomic E-state index is 13.2. The van der Waals surface area contributed by atoms with Gasteiger partial charge in [-0.05, 0) is 144 Å². The fourth-order valence-electron chi connectivity index (χ4n) is 12.5. The molecule has 2 saturated carbocycles. The predicted octanol–water partition coefficient (Wildman–Crippen LogP) is 12.1. The largest absolute Gasteiger partial charge is 0.457 e. The van der Waals surface area contributed by atoms with Gasteiger partial charge in [0.2, 0.25) is 11.8 Å². The maximum absolute atomic E-state index is 13.2. The number of nitrogens with two attached hydrogens (primary N) is 2. The van der Waals surface area contributed by atoms with Crippen molar-refractivity contribution in [3.63, 3.8) is 0 Å². The number of para-hydroxylation sites is 2. The first-order valence-corrected chi connectivity index (χ1v) is 29.9. The van der Waals surface area contributed by atoms with E-state index in [2.05, 4.69) is 74.2 Å². The van der Waals surface area contributed by atoms with Gasteiger partial charge in [-0.25, -0.2) is 19.9 Å². The Kier molecular flexibility index (Phi) is 18.0. The van der Waals surface area contributed by atoms with Crippen molar-refractivity contribution < 1.29 is 23.8 Å². The van der Waals surface area contributed by atoms with Gasteiger partial charge in [0.15, 0.2) is 0 Å². The summed E-state index contributed by atoms with van der Waals surface area (Å²) >= 11 is 0. The molecule has 442 valence electrons. The third-order valence-electron chi connectivity index (χ3n) is 17.0. The molecule has 17 heteroatoms. The highest BCUT2D eigenvalue weighted by Crippen LogP contribution is 2.53. The number of likely N-dealkylation sites (tertiary alicyclic amines) is 2. The number of benzene rings is 4. The molecule has 3 saturated heterocycles. The lowest BCUT2D eigenvalue weighted by Crippen LogP contribution is -2.32. The SMILES string of the molecule is C.CCCN(C)C/C=C/C(=O)N1CC[C@@H](n2c(C3CC3)c(-c3ccc(Oc4ccccc4)cc3)c3c(N)ncnc32)C1.CN(C/C=C/C(=O)N1CC[C@@H](n2c(C3CC3)c(-c3ccc(Oc4ccccc4)cc3)c3c(N)ncnc32)C1)[C@@H]1CCOC1. The Labute approximate surface area is 498 Å². The van der Waals surface area contributed by atoms with Crippen molar-refractivity contribution in [3.05, 3.63) is 158 Å². The van der Waals surface area contributed by atoms with Gasteiger partial charge in [-0.2, -0.15) is 0 Å². The van der Waals surface area contributed by atoms with Gasteiger partial charge >= 0.3 is 0 Å². The van der Waals surface area contributed by atoms with Crippen LogP contribution in [0.2, 0.25) is 0 Å². The van der Waals surface area contributed by atoms with E-state index in [1.165, 1.54) is 11.4 Å². The van der Waals surface area contributed by atoms with Crippen LogP contribution in [0.5, 0.6) is 23.0 Å². The number of fused-ring (bicyclic) bond motifs is 2. The number of anilines is 2. The van der Waals surface area contributed by atoms with Crippen LogP contribution >= 0.6 is 0 Å². The Morgan fingerprint density at radius 1 is 0.600 bits per heavy atom. The minimum Gasteiger partial charge on any atom is -0.457 e. The highest BCUT2D eigenvalue weighted by atomic mass is 16.5. The lowest BCUT2D eigenvalue weighted by Gasteiger charge is -2.21. The predicted molar refractivity (Wildman–Crippen MR) is 337 cm³/mol. The molecule has 7 heterocycles. The van der Waals surface area contributed by atoms with Crippen LogP contribution < -0.4 is 20.9 Å². The second-order valence-electron chi connectivity index (χ2n) is 23.1. The zero-order chi connectivity index (χ0) is 57.7. The highest BCUT2D eigenvalue weighted by molar-refractivity contribution is 6.04. The van der Waals surface area contributed by atoms with Crippen LogP contribution in [0.1, 0.15) is 101 Å². The molecule has 3 aliphatic heterocycles. The second-order valence-corrected chi connectivity index (χ2v) is 23.1. The van der Waals surface area contributed by atoms with E-state index in [0.29, 0.717) is 49.1 Å². The van der Waals surface area contributed by atoms with E-state index in [-0.39, 0.29) is 31.3 Å². The number of amides is 2. The van der Waals surface area contributed by atoms with Gasteiger partial charge in [-0.15, -0.1) is 0 Å². The summed E-state index contributed by atoms with van der Waals surface area (Å²) in [5.74, 6) is 5.13. The van der Waals surface area contributed by atoms with Crippen LogP contribution in [-0.4, -0.2) is 140 Å². The Balaban J connectivity index is 0.000000175. The topological polar surface area (TPSA) is 188 Å². The summed E-state index contributed by atoms with van der Waals surface area (Å²) in [5.41, 5.74) is 21.7. The Morgan fingerprint density at radius 2 is 1.05 bits per heavy atom. The minimum atomic E-state index is 0. The van der Waals surface area contributed by atoms with Gasteiger partial charge in [0.25, 0.3) is 0 Å². The Morgan fingerprint density at radius 3 is 1.47 bits per heavy atom. The van der Waals surface area contributed by atoms with E-state index in [1.54, 1.807) is 24.8 Å². The van der Waals surface area contributed by atoms with Crippen LogP contribution in [0.15, 0.2) is 146 Å². The molecule has 0 spiro atoms. The molecule has 13 rings (SSSR count). The molecule has 5 fully saturated rings. The Bertz CT molecular complexity index is 3650. The lowest BCUT2D eigenvalue weighted by molar-refractivity contribution is -0.125. The van der Waals surface area contributed by atoms with Gasteiger partial charge in [-0.3, -0.25) is 14.5 Å². The third-order valence-corrected chi connectivity index (χ3v) is 17.0. The van der Waals surface area contributed by atoms with Gasteiger partial charge < -0.3 is 49.5 Å². The van der Waals surface area contributed by atoms with E-state index in [4.69, 9.17) is 35.6 Å². The molecule has 4 N–H and O–H groups in total. The Hall–Kier alpha value is -8.38. The van der Waals surface area contributed by atoms with E-state index in [1.807, 2.05) is 107 Å². The molecule has 8 aromatic rings. The molecular formula is C68H80N12O5. The molecule has 17 nitrogen and oxygen atoms in total. The smallest absolute Gasteiger partial charge is 0.246 e. The van der Waals surface area contributed by atoms with Crippen molar-refractivity contribution in [2.24, 2.45) is 0 Å². The number of nitrogens with zero attached hydrogens (tertiary/aromatic N) is 10. The highest BCUT2D eigenvalue weighted by Gasteiger charge is 2.40. The summed E-state index contributed by atoms with van der Waals surface area (Å²) in [6, 6.07) is 36.7. The summed E-state index contributed by atoms with van der Waals surface area (Å²) in [7, 11) is 4.17. The zero-order valence-electron chi connectivity index (χ0n) is 48.4. The van der Waals surface area contributed by atoms with Crippen LogP contribution in [-0.2, 0) is 14.3 Å². The number of likely N-dealkylation sites (N-methyl/N-ethyl adjacent to an activating group) is 2. The number of carbonyl (C=O) groups excluding carboxylic acids is 2. The first kappa shape index (κ1) is 58.4. The fraction of sp³-hybridized carbons (Fsp3) is 0.382. The van der Waals surface area contributed by atoms with Crippen molar-refractivity contribution >= 4 is 45.5 Å². The van der Waals surface area contributed by atoms with E-state index in [0.717, 1.165) is 158 Å². The van der Waals surface area contributed by atoms with E-state index in [9.17, 15) is 9.59 Å². The fourth-order valence-corrected chi connectivity index (χ4v) is 12.5. The summed E-state index contributed by atoms with van der Waals surface area (Å²) in [5, 5.41) is 1.79. The van der Waals surface area contributed by atoms with Crippen LogP contribution in [0, 0.1) is 0 Å². The molecule has 3 atom stereocenters. The summed E-state index contributed by atoms with van der Waals surface area (Å²) in [6.07, 6.45) is 18.9. The summed E-state index contributed by atoms with van der Waals surface area (Å²) in [6.45, 7) is 9.02. The second kappa shape index (κ2) is 26.3. The third kappa shape index (κ3) is 13.0. The quantitative estimate of drug-likeness (QED) is 0.0729. The minimum absolute atomic E-state index is 0. The van der Waals surface area contributed by atoms with Gasteiger partial charge in [-0.1, -0.05) is 87.2 Å². The lowest BCUT2D eigenvalue weighted by atomic mass is 10.0. The van der Waals surface area contributed by atoms with Crippen molar-refractivity contribution in [2.45, 2.75) is 95.7 Å².